The number of para-hydroxylation sites is 1. The van der Waals surface area contributed by atoms with Gasteiger partial charge < -0.3 is 4.57 Å². The van der Waals surface area contributed by atoms with Crippen LogP contribution in [0.5, 0.6) is 0 Å². The molecule has 0 N–H and O–H groups in total. The van der Waals surface area contributed by atoms with Gasteiger partial charge in [-0.25, -0.2) is 0 Å². The molecule has 0 spiro atoms. The lowest BCUT2D eigenvalue weighted by molar-refractivity contribution is 1.07. The molecule has 0 saturated heterocycles. The fraction of sp³-hybridized carbons (Fsp3) is 0.222. The minimum absolute atomic E-state index is 0.543. The van der Waals surface area contributed by atoms with Gasteiger partial charge in [-0.3, -0.25) is 0 Å². The summed E-state index contributed by atoms with van der Waals surface area (Å²) in [5.41, 5.74) is 3.81. The van der Waals surface area contributed by atoms with Gasteiger partial charge in [0, 0.05) is 16.9 Å². The molecule has 1 nitrogen and oxygen atoms in total. The lowest BCUT2D eigenvalue weighted by Crippen LogP contribution is -2.25. The first-order valence-electron chi connectivity index (χ1n) is 7.56. The van der Waals surface area contributed by atoms with Crippen LogP contribution in [0.25, 0.3) is 16.6 Å². The summed E-state index contributed by atoms with van der Waals surface area (Å²) in [6.07, 6.45) is 4.66. The second-order valence-electron chi connectivity index (χ2n) is 5.64. The van der Waals surface area contributed by atoms with Crippen molar-refractivity contribution in [1.82, 2.24) is 4.57 Å². The molecule has 0 fully saturated rings. The summed E-state index contributed by atoms with van der Waals surface area (Å²) in [7, 11) is 0. The molecule has 0 aliphatic carbocycles. The van der Waals surface area contributed by atoms with Gasteiger partial charge in [0.1, 0.15) is 0 Å². The molecule has 21 heavy (non-hydrogen) atoms. The molecular formula is C18H19BClN. The third kappa shape index (κ3) is 2.73. The average molecular weight is 296 g/mol. The molecule has 0 bridgehead atoms. The summed E-state index contributed by atoms with van der Waals surface area (Å²) in [4.78, 5) is 0. The highest BCUT2D eigenvalue weighted by Gasteiger charge is 2.17. The Morgan fingerprint density at radius 2 is 1.86 bits per heavy atom. The number of hydrogen-bond donors (Lipinski definition) is 0. The summed E-state index contributed by atoms with van der Waals surface area (Å²) in [5, 5.41) is 2.07. The molecule has 3 rings (SSSR count). The molecule has 0 unspecified atom stereocenters. The van der Waals surface area contributed by atoms with Crippen molar-refractivity contribution in [2.75, 3.05) is 0 Å². The zero-order valence-electron chi connectivity index (χ0n) is 12.5. The third-order valence-electron chi connectivity index (χ3n) is 4.08. The Balaban J connectivity index is 2.22. The Bertz CT molecular complexity index is 749. The zero-order valence-corrected chi connectivity index (χ0v) is 13.3. The largest absolute Gasteiger partial charge is 0.317 e. The fourth-order valence-electron chi connectivity index (χ4n) is 3.01. The van der Waals surface area contributed by atoms with Crippen molar-refractivity contribution in [3.63, 3.8) is 0 Å². The van der Waals surface area contributed by atoms with E-state index in [1.165, 1.54) is 34.8 Å². The first-order chi connectivity index (χ1) is 10.2. The van der Waals surface area contributed by atoms with E-state index in [4.69, 9.17) is 11.6 Å². The molecular weight excluding hydrogens is 276 g/mol. The van der Waals surface area contributed by atoms with Crippen LogP contribution in [0.2, 0.25) is 18.2 Å². The van der Waals surface area contributed by atoms with Gasteiger partial charge in [0.25, 0.3) is 0 Å². The number of halogens is 1. The van der Waals surface area contributed by atoms with Crippen LogP contribution in [-0.4, -0.2) is 11.3 Å². The van der Waals surface area contributed by atoms with Crippen molar-refractivity contribution in [3.8, 4) is 5.69 Å². The van der Waals surface area contributed by atoms with Crippen molar-refractivity contribution in [1.29, 1.82) is 0 Å². The highest BCUT2D eigenvalue weighted by molar-refractivity contribution is 6.74. The van der Waals surface area contributed by atoms with Crippen LogP contribution < -0.4 is 5.46 Å². The van der Waals surface area contributed by atoms with Gasteiger partial charge in [0.05, 0.1) is 5.52 Å². The van der Waals surface area contributed by atoms with Gasteiger partial charge in [0.2, 0.25) is 0 Å². The Hall–Kier alpha value is -1.67. The predicted octanol–water partition coefficient (Wildman–Crippen LogP) is 5.03. The van der Waals surface area contributed by atoms with E-state index in [9.17, 15) is 0 Å². The summed E-state index contributed by atoms with van der Waals surface area (Å²) >= 11 is 6.22. The van der Waals surface area contributed by atoms with E-state index in [0.29, 0.717) is 6.71 Å². The van der Waals surface area contributed by atoms with Crippen LogP contribution in [-0.2, 0) is 0 Å². The van der Waals surface area contributed by atoms with E-state index in [2.05, 4.69) is 60.9 Å². The molecule has 0 aliphatic heterocycles. The monoisotopic (exact) mass is 295 g/mol. The Kier molecular flexibility index (Phi) is 4.07. The topological polar surface area (TPSA) is 4.93 Å². The Morgan fingerprint density at radius 1 is 1.10 bits per heavy atom. The molecule has 0 amide bonds. The second-order valence-corrected chi connectivity index (χ2v) is 6.08. The number of nitrogens with zero attached hydrogens (tertiary/aromatic N) is 1. The molecule has 1 aromatic heterocycles. The minimum atomic E-state index is 0.543. The molecule has 106 valence electrons. The summed E-state index contributed by atoms with van der Waals surface area (Å²) in [5.74, 6) is 0. The maximum atomic E-state index is 6.22. The van der Waals surface area contributed by atoms with E-state index in [1.54, 1.807) is 0 Å². The first kappa shape index (κ1) is 14.3. The summed E-state index contributed by atoms with van der Waals surface area (Å²) in [6.45, 7) is 5.08. The molecule has 3 aromatic rings. The Labute approximate surface area is 131 Å². The van der Waals surface area contributed by atoms with Gasteiger partial charge in [0.15, 0.2) is 6.71 Å². The quantitative estimate of drug-likeness (QED) is 0.595. The molecule has 2 aromatic carbocycles. The number of benzene rings is 2. The van der Waals surface area contributed by atoms with E-state index in [0.717, 1.165) is 5.02 Å². The summed E-state index contributed by atoms with van der Waals surface area (Å²) < 4.78 is 2.27. The smallest absolute Gasteiger partial charge is 0.175 e. The number of rotatable bonds is 4. The zero-order chi connectivity index (χ0) is 14.8. The molecule has 0 aliphatic rings. The molecule has 3 heteroatoms. The van der Waals surface area contributed by atoms with Crippen LogP contribution in [0.3, 0.4) is 0 Å². The van der Waals surface area contributed by atoms with Gasteiger partial charge in [-0.05, 0) is 35.7 Å². The SMILES string of the molecule is CCCB(C)c1cn(-c2ccccc2)c2ccc(Cl)cc12. The highest BCUT2D eigenvalue weighted by atomic mass is 35.5. The normalized spacial score (nSPS) is 11.0. The average Bonchev–Trinajstić information content (AvgIpc) is 2.87. The third-order valence-corrected chi connectivity index (χ3v) is 4.32. The van der Waals surface area contributed by atoms with Crippen molar-refractivity contribution < 1.29 is 0 Å². The molecule has 1 heterocycles. The first-order valence-corrected chi connectivity index (χ1v) is 7.94. The fourth-order valence-corrected chi connectivity index (χ4v) is 3.18. The van der Waals surface area contributed by atoms with Crippen LogP contribution in [0.15, 0.2) is 54.7 Å². The van der Waals surface area contributed by atoms with Crippen LogP contribution in [0.1, 0.15) is 13.3 Å². The summed E-state index contributed by atoms with van der Waals surface area (Å²) in [6, 6.07) is 16.7. The number of aromatic nitrogens is 1. The molecule has 0 saturated carbocycles. The van der Waals surface area contributed by atoms with Crippen molar-refractivity contribution in [2.45, 2.75) is 26.5 Å². The van der Waals surface area contributed by atoms with Gasteiger partial charge in [-0.2, -0.15) is 0 Å². The maximum absolute atomic E-state index is 6.22. The Morgan fingerprint density at radius 3 is 2.57 bits per heavy atom. The predicted molar refractivity (Wildman–Crippen MR) is 94.6 cm³/mol. The highest BCUT2D eigenvalue weighted by Crippen LogP contribution is 2.23. The van der Waals surface area contributed by atoms with Gasteiger partial charge in [-0.15, -0.1) is 0 Å². The van der Waals surface area contributed by atoms with E-state index in [-0.39, 0.29) is 0 Å². The van der Waals surface area contributed by atoms with Crippen molar-refractivity contribution in [3.05, 3.63) is 59.8 Å². The van der Waals surface area contributed by atoms with E-state index < -0.39 is 0 Å². The van der Waals surface area contributed by atoms with Gasteiger partial charge in [-0.1, -0.05) is 61.8 Å². The van der Waals surface area contributed by atoms with Crippen molar-refractivity contribution in [2.24, 2.45) is 0 Å². The number of fused-ring (bicyclic) bond motifs is 1. The van der Waals surface area contributed by atoms with Crippen LogP contribution in [0.4, 0.5) is 0 Å². The number of hydrogen-bond acceptors (Lipinski definition) is 0. The van der Waals surface area contributed by atoms with Crippen molar-refractivity contribution >= 4 is 34.7 Å². The van der Waals surface area contributed by atoms with E-state index in [1.807, 2.05) is 12.1 Å². The lowest BCUT2D eigenvalue weighted by atomic mass is 9.44. The maximum Gasteiger partial charge on any atom is 0.175 e. The van der Waals surface area contributed by atoms with E-state index >= 15 is 0 Å². The lowest BCUT2D eigenvalue weighted by Gasteiger charge is -2.05. The van der Waals surface area contributed by atoms with Crippen LogP contribution >= 0.6 is 11.6 Å². The molecule has 0 atom stereocenters. The minimum Gasteiger partial charge on any atom is -0.317 e. The van der Waals surface area contributed by atoms with Gasteiger partial charge >= 0.3 is 0 Å². The second kappa shape index (κ2) is 5.99. The van der Waals surface area contributed by atoms with Crippen LogP contribution in [0, 0.1) is 0 Å². The molecule has 0 radical (unpaired) electrons. The standard InChI is InChI=1S/C18H19BClN/c1-3-11-19(2)17-13-21(15-7-5-4-6-8-15)18-10-9-14(20)12-16(17)18/h4-10,12-13H,3,11H2,1-2H3.